The minimum Gasteiger partial charge on any atom is -0.328 e. The molecule has 0 saturated heterocycles. The van der Waals surface area contributed by atoms with Gasteiger partial charge >= 0.3 is 11.8 Å². The lowest BCUT2D eigenvalue weighted by Crippen LogP contribution is -2.43. The number of sulfonamides is 1. The number of carbonyl (C=O) groups is 2. The van der Waals surface area contributed by atoms with Crippen molar-refractivity contribution in [3.63, 3.8) is 0 Å². The fourth-order valence-electron chi connectivity index (χ4n) is 2.31. The number of hydrogen-bond acceptors (Lipinski definition) is 4. The largest absolute Gasteiger partial charge is 0.328 e. The van der Waals surface area contributed by atoms with Gasteiger partial charge in [-0.25, -0.2) is 13.6 Å². The first kappa shape index (κ1) is 19.6. The summed E-state index contributed by atoms with van der Waals surface area (Å²) in [4.78, 5) is 26.2. The predicted molar refractivity (Wildman–Crippen MR) is 98.6 cm³/mol. The first-order valence-corrected chi connectivity index (χ1v) is 9.52. The molecule has 0 fully saturated rings. The van der Waals surface area contributed by atoms with Crippen LogP contribution in [0.25, 0.3) is 0 Å². The van der Waals surface area contributed by atoms with Crippen LogP contribution in [0.15, 0.2) is 59.5 Å². The molecule has 0 radical (unpaired) electrons. The van der Waals surface area contributed by atoms with E-state index in [1.807, 2.05) is 44.2 Å². The molecular formula is C18H21N3O4S. The van der Waals surface area contributed by atoms with Crippen LogP contribution in [0.5, 0.6) is 0 Å². The van der Waals surface area contributed by atoms with Gasteiger partial charge in [-0.2, -0.15) is 0 Å². The first-order valence-electron chi connectivity index (χ1n) is 7.97. The summed E-state index contributed by atoms with van der Waals surface area (Å²) >= 11 is 0. The van der Waals surface area contributed by atoms with Crippen molar-refractivity contribution in [3.05, 3.63) is 60.2 Å². The molecule has 138 valence electrons. The van der Waals surface area contributed by atoms with Gasteiger partial charge in [0.05, 0.1) is 4.90 Å². The number of primary sulfonamides is 1. The van der Waals surface area contributed by atoms with E-state index in [0.717, 1.165) is 5.56 Å². The van der Waals surface area contributed by atoms with Crippen LogP contribution in [0.2, 0.25) is 0 Å². The smallest absolute Gasteiger partial charge is 0.313 e. The van der Waals surface area contributed by atoms with E-state index in [0.29, 0.717) is 12.2 Å². The quantitative estimate of drug-likeness (QED) is 0.775. The van der Waals surface area contributed by atoms with Gasteiger partial charge < -0.3 is 10.2 Å². The minimum atomic E-state index is -3.81. The Kier molecular flexibility index (Phi) is 6.12. The summed E-state index contributed by atoms with van der Waals surface area (Å²) in [6.07, 6.45) is 0. The second-order valence-corrected chi connectivity index (χ2v) is 7.60. The standard InChI is InChI=1S/C18H21N3O4S/c1-13(2)21(12-14-6-4-3-5-7-14)18(23)17(22)20-15-8-10-16(11-9-15)26(19,24)25/h3-11,13H,12H2,1-2H3,(H,20,22)(H2,19,24,25). The lowest BCUT2D eigenvalue weighted by molar-refractivity contribution is -0.144. The molecule has 2 aromatic carbocycles. The SMILES string of the molecule is CC(C)N(Cc1ccccc1)C(=O)C(=O)Nc1ccc(S(N)(=O)=O)cc1. The predicted octanol–water partition coefficient (Wildman–Crippen LogP) is 1.71. The topological polar surface area (TPSA) is 110 Å². The van der Waals surface area contributed by atoms with Crippen molar-refractivity contribution in [2.24, 2.45) is 5.14 Å². The third-order valence-corrected chi connectivity index (χ3v) is 4.64. The van der Waals surface area contributed by atoms with Gasteiger partial charge in [-0.1, -0.05) is 30.3 Å². The Labute approximate surface area is 152 Å². The van der Waals surface area contributed by atoms with E-state index in [1.165, 1.54) is 29.2 Å². The van der Waals surface area contributed by atoms with Gasteiger partial charge in [0.1, 0.15) is 0 Å². The molecule has 0 unspecified atom stereocenters. The number of nitrogens with one attached hydrogen (secondary N) is 1. The third kappa shape index (κ3) is 5.14. The molecule has 7 nitrogen and oxygen atoms in total. The van der Waals surface area contributed by atoms with Crippen molar-refractivity contribution in [3.8, 4) is 0 Å². The van der Waals surface area contributed by atoms with Crippen LogP contribution in [0.1, 0.15) is 19.4 Å². The van der Waals surface area contributed by atoms with Crippen LogP contribution in [-0.2, 0) is 26.2 Å². The summed E-state index contributed by atoms with van der Waals surface area (Å²) in [6.45, 7) is 3.97. The number of nitrogens with two attached hydrogens (primary N) is 1. The molecule has 0 aliphatic rings. The van der Waals surface area contributed by atoms with Crippen molar-refractivity contribution in [1.82, 2.24) is 4.90 Å². The van der Waals surface area contributed by atoms with Gasteiger partial charge in [-0.05, 0) is 43.7 Å². The van der Waals surface area contributed by atoms with Crippen LogP contribution in [0.3, 0.4) is 0 Å². The molecule has 0 aliphatic carbocycles. The highest BCUT2D eigenvalue weighted by molar-refractivity contribution is 7.89. The second-order valence-electron chi connectivity index (χ2n) is 6.04. The Morgan fingerprint density at radius 3 is 2.12 bits per heavy atom. The second kappa shape index (κ2) is 8.11. The maximum Gasteiger partial charge on any atom is 0.313 e. The number of amides is 2. The van der Waals surface area contributed by atoms with Gasteiger partial charge in [-0.3, -0.25) is 9.59 Å². The summed E-state index contributed by atoms with van der Waals surface area (Å²) in [6, 6.07) is 14.5. The highest BCUT2D eigenvalue weighted by Crippen LogP contribution is 2.14. The Balaban J connectivity index is 2.10. The maximum atomic E-state index is 12.5. The number of anilines is 1. The fraction of sp³-hybridized carbons (Fsp3) is 0.222. The molecular weight excluding hydrogens is 354 g/mol. The van der Waals surface area contributed by atoms with Gasteiger partial charge in [0.15, 0.2) is 0 Å². The molecule has 0 bridgehead atoms. The Morgan fingerprint density at radius 1 is 1.04 bits per heavy atom. The third-order valence-electron chi connectivity index (χ3n) is 3.71. The minimum absolute atomic E-state index is 0.0743. The van der Waals surface area contributed by atoms with Crippen LogP contribution in [0, 0.1) is 0 Å². The van der Waals surface area contributed by atoms with Crippen molar-refractivity contribution in [2.45, 2.75) is 31.3 Å². The van der Waals surface area contributed by atoms with Crippen LogP contribution in [0.4, 0.5) is 5.69 Å². The van der Waals surface area contributed by atoms with Gasteiger partial charge in [-0.15, -0.1) is 0 Å². The molecule has 0 spiro atoms. The molecule has 26 heavy (non-hydrogen) atoms. The average molecular weight is 375 g/mol. The molecule has 0 heterocycles. The van der Waals surface area contributed by atoms with E-state index in [-0.39, 0.29) is 10.9 Å². The number of carbonyl (C=O) groups excluding carboxylic acids is 2. The van der Waals surface area contributed by atoms with Crippen LogP contribution >= 0.6 is 0 Å². The van der Waals surface area contributed by atoms with Gasteiger partial charge in [0.2, 0.25) is 10.0 Å². The number of nitrogens with zero attached hydrogens (tertiary/aromatic N) is 1. The molecule has 2 rings (SSSR count). The van der Waals surface area contributed by atoms with Crippen molar-refractivity contribution in [2.75, 3.05) is 5.32 Å². The summed E-state index contributed by atoms with van der Waals surface area (Å²) in [5.74, 6) is -1.46. The van der Waals surface area contributed by atoms with Crippen molar-refractivity contribution >= 4 is 27.5 Å². The molecule has 0 aliphatic heterocycles. The van der Waals surface area contributed by atoms with E-state index < -0.39 is 21.8 Å². The summed E-state index contributed by atoms with van der Waals surface area (Å²) in [7, 11) is -3.81. The van der Waals surface area contributed by atoms with Gasteiger partial charge in [0.25, 0.3) is 0 Å². The number of hydrogen-bond donors (Lipinski definition) is 2. The molecule has 3 N–H and O–H groups in total. The Hall–Kier alpha value is -2.71. The zero-order valence-corrected chi connectivity index (χ0v) is 15.4. The van der Waals surface area contributed by atoms with E-state index in [9.17, 15) is 18.0 Å². The van der Waals surface area contributed by atoms with E-state index in [2.05, 4.69) is 5.32 Å². The zero-order valence-electron chi connectivity index (χ0n) is 14.5. The summed E-state index contributed by atoms with van der Waals surface area (Å²) < 4.78 is 22.5. The molecule has 8 heteroatoms. The molecule has 0 saturated carbocycles. The molecule has 0 aromatic heterocycles. The van der Waals surface area contributed by atoms with Crippen molar-refractivity contribution < 1.29 is 18.0 Å². The highest BCUT2D eigenvalue weighted by atomic mass is 32.2. The van der Waals surface area contributed by atoms with Crippen LogP contribution < -0.4 is 10.5 Å². The Bertz CT molecular complexity index is 878. The van der Waals surface area contributed by atoms with Gasteiger partial charge in [0, 0.05) is 18.3 Å². The maximum absolute atomic E-state index is 12.5. The highest BCUT2D eigenvalue weighted by Gasteiger charge is 2.24. The lowest BCUT2D eigenvalue weighted by atomic mass is 10.2. The van der Waals surface area contributed by atoms with E-state index in [1.54, 1.807) is 0 Å². The van der Waals surface area contributed by atoms with E-state index in [4.69, 9.17) is 5.14 Å². The van der Waals surface area contributed by atoms with Crippen LogP contribution in [-0.4, -0.2) is 31.2 Å². The number of benzene rings is 2. The molecule has 2 aromatic rings. The molecule has 2 amide bonds. The van der Waals surface area contributed by atoms with E-state index >= 15 is 0 Å². The monoisotopic (exact) mass is 375 g/mol. The first-order chi connectivity index (χ1) is 12.2. The fourth-order valence-corrected chi connectivity index (χ4v) is 2.83. The normalized spacial score (nSPS) is 11.2. The lowest BCUT2D eigenvalue weighted by Gasteiger charge is -2.26. The number of rotatable bonds is 5. The molecule has 0 atom stereocenters. The van der Waals surface area contributed by atoms with Crippen molar-refractivity contribution in [1.29, 1.82) is 0 Å². The Morgan fingerprint density at radius 2 is 1.62 bits per heavy atom. The summed E-state index contributed by atoms with van der Waals surface area (Å²) in [5, 5.41) is 7.50. The average Bonchev–Trinajstić information content (AvgIpc) is 2.59. The summed E-state index contributed by atoms with van der Waals surface area (Å²) in [5.41, 5.74) is 1.22. The zero-order chi connectivity index (χ0) is 19.3.